The van der Waals surface area contributed by atoms with E-state index in [9.17, 15) is 9.18 Å². The molecule has 4 nitrogen and oxygen atoms in total. The summed E-state index contributed by atoms with van der Waals surface area (Å²) in [4.78, 5) is 12.5. The SMILES string of the molecule is Cc1cc(C(=O)C[NH2+]Cc2ccco2)c(C)n1-c1ccc(F)cc1. The third-order valence-corrected chi connectivity index (χ3v) is 4.07. The van der Waals surface area contributed by atoms with E-state index in [0.717, 1.165) is 22.8 Å². The molecule has 2 heterocycles. The monoisotopic (exact) mass is 327 g/mol. The van der Waals surface area contributed by atoms with E-state index < -0.39 is 0 Å². The molecule has 2 aromatic heterocycles. The molecule has 0 aliphatic rings. The zero-order chi connectivity index (χ0) is 17.1. The van der Waals surface area contributed by atoms with Crippen molar-refractivity contribution >= 4 is 5.78 Å². The average Bonchev–Trinajstić information content (AvgIpc) is 3.17. The Bertz CT molecular complexity index is 833. The number of aromatic nitrogens is 1. The molecule has 0 amide bonds. The molecule has 3 rings (SSSR count). The quantitative estimate of drug-likeness (QED) is 0.708. The van der Waals surface area contributed by atoms with Gasteiger partial charge in [-0.05, 0) is 56.3 Å². The number of furan rings is 1. The van der Waals surface area contributed by atoms with E-state index in [2.05, 4.69) is 0 Å². The summed E-state index contributed by atoms with van der Waals surface area (Å²) in [6.45, 7) is 4.85. The molecule has 24 heavy (non-hydrogen) atoms. The number of carbonyl (C=O) groups is 1. The van der Waals surface area contributed by atoms with E-state index in [1.807, 2.05) is 41.9 Å². The van der Waals surface area contributed by atoms with E-state index in [1.54, 1.807) is 18.4 Å². The maximum absolute atomic E-state index is 13.1. The van der Waals surface area contributed by atoms with Gasteiger partial charge in [-0.3, -0.25) is 4.79 Å². The summed E-state index contributed by atoms with van der Waals surface area (Å²) in [6, 6.07) is 11.9. The highest BCUT2D eigenvalue weighted by molar-refractivity contribution is 5.98. The lowest BCUT2D eigenvalue weighted by Gasteiger charge is -2.09. The Morgan fingerprint density at radius 1 is 1.21 bits per heavy atom. The third kappa shape index (κ3) is 3.31. The van der Waals surface area contributed by atoms with Crippen molar-refractivity contribution in [1.29, 1.82) is 0 Å². The van der Waals surface area contributed by atoms with Crippen LogP contribution in [0.25, 0.3) is 5.69 Å². The third-order valence-electron chi connectivity index (χ3n) is 4.07. The van der Waals surface area contributed by atoms with E-state index in [1.165, 1.54) is 12.1 Å². The van der Waals surface area contributed by atoms with Gasteiger partial charge < -0.3 is 14.3 Å². The Labute approximate surface area is 139 Å². The van der Waals surface area contributed by atoms with E-state index in [4.69, 9.17) is 4.42 Å². The first-order valence-electron chi connectivity index (χ1n) is 7.88. The second-order valence-electron chi connectivity index (χ2n) is 5.80. The Morgan fingerprint density at radius 2 is 1.96 bits per heavy atom. The van der Waals surface area contributed by atoms with Crippen molar-refractivity contribution in [2.75, 3.05) is 6.54 Å². The highest BCUT2D eigenvalue weighted by Crippen LogP contribution is 2.21. The molecule has 0 bridgehead atoms. The molecule has 0 unspecified atom stereocenters. The number of nitrogens with two attached hydrogens (primary N) is 1. The van der Waals surface area contributed by atoms with Gasteiger partial charge in [-0.1, -0.05) is 0 Å². The van der Waals surface area contributed by atoms with Crippen molar-refractivity contribution in [3.63, 3.8) is 0 Å². The van der Waals surface area contributed by atoms with Gasteiger partial charge in [-0.15, -0.1) is 0 Å². The van der Waals surface area contributed by atoms with Crippen LogP contribution in [0.2, 0.25) is 0 Å². The van der Waals surface area contributed by atoms with Gasteiger partial charge in [0.05, 0.1) is 6.26 Å². The number of aryl methyl sites for hydroxylation is 1. The summed E-state index contributed by atoms with van der Waals surface area (Å²) in [6.07, 6.45) is 1.63. The summed E-state index contributed by atoms with van der Waals surface area (Å²) >= 11 is 0. The molecule has 0 fully saturated rings. The summed E-state index contributed by atoms with van der Waals surface area (Å²) in [7, 11) is 0. The molecule has 0 spiro atoms. The zero-order valence-corrected chi connectivity index (χ0v) is 13.8. The highest BCUT2D eigenvalue weighted by atomic mass is 19.1. The first-order chi connectivity index (χ1) is 11.6. The van der Waals surface area contributed by atoms with Crippen LogP contribution in [0.3, 0.4) is 0 Å². The number of hydrogen-bond acceptors (Lipinski definition) is 2. The van der Waals surface area contributed by atoms with Crippen LogP contribution in [0.4, 0.5) is 4.39 Å². The van der Waals surface area contributed by atoms with Crippen molar-refractivity contribution in [2.45, 2.75) is 20.4 Å². The van der Waals surface area contributed by atoms with Gasteiger partial charge in [0.15, 0.2) is 5.76 Å². The summed E-state index contributed by atoms with van der Waals surface area (Å²) in [5.41, 5.74) is 3.38. The zero-order valence-electron chi connectivity index (χ0n) is 13.8. The number of benzene rings is 1. The van der Waals surface area contributed by atoms with E-state index in [0.29, 0.717) is 18.7 Å². The number of nitrogens with zero attached hydrogens (tertiary/aromatic N) is 1. The molecule has 2 N–H and O–H groups in total. The number of ketones is 1. The Morgan fingerprint density at radius 3 is 2.62 bits per heavy atom. The average molecular weight is 327 g/mol. The molecular formula is C19H20FN2O2+. The first-order valence-corrected chi connectivity index (χ1v) is 7.88. The lowest BCUT2D eigenvalue weighted by atomic mass is 10.1. The second kappa shape index (κ2) is 6.84. The Kier molecular flexibility index (Phi) is 4.62. The Hall–Kier alpha value is -2.66. The summed E-state index contributed by atoms with van der Waals surface area (Å²) in [5.74, 6) is 0.646. The topological polar surface area (TPSA) is 51.8 Å². The first kappa shape index (κ1) is 16.2. The van der Waals surface area contributed by atoms with Crippen molar-refractivity contribution in [3.8, 4) is 5.69 Å². The van der Waals surface area contributed by atoms with Crippen molar-refractivity contribution in [3.05, 3.63) is 77.3 Å². The molecule has 0 atom stereocenters. The van der Waals surface area contributed by atoms with Crippen molar-refractivity contribution in [1.82, 2.24) is 4.57 Å². The number of quaternary nitrogens is 1. The fourth-order valence-corrected chi connectivity index (χ4v) is 2.92. The van der Waals surface area contributed by atoms with Gasteiger partial charge in [0.2, 0.25) is 5.78 Å². The summed E-state index contributed by atoms with van der Waals surface area (Å²) in [5, 5.41) is 1.92. The molecule has 0 aliphatic heterocycles. The fraction of sp³-hybridized carbons (Fsp3) is 0.211. The maximum atomic E-state index is 13.1. The smallest absolute Gasteiger partial charge is 0.218 e. The fourth-order valence-electron chi connectivity index (χ4n) is 2.92. The molecule has 0 radical (unpaired) electrons. The molecule has 0 saturated heterocycles. The maximum Gasteiger partial charge on any atom is 0.218 e. The molecule has 0 saturated carbocycles. The van der Waals surface area contributed by atoms with E-state index >= 15 is 0 Å². The standard InChI is InChI=1S/C19H19FN2O2/c1-13-10-18(19(23)12-21-11-17-4-3-9-24-17)14(2)22(13)16-7-5-15(20)6-8-16/h3-10,21H,11-12H2,1-2H3/p+1. The predicted molar refractivity (Wildman–Crippen MR) is 88.7 cm³/mol. The van der Waals surface area contributed by atoms with Crippen LogP contribution < -0.4 is 5.32 Å². The highest BCUT2D eigenvalue weighted by Gasteiger charge is 2.18. The number of carbonyl (C=O) groups excluding carboxylic acids is 1. The predicted octanol–water partition coefficient (Wildman–Crippen LogP) is 2.77. The van der Waals surface area contributed by atoms with Gasteiger partial charge in [0.1, 0.15) is 18.9 Å². The summed E-state index contributed by atoms with van der Waals surface area (Å²) < 4.78 is 20.3. The van der Waals surface area contributed by atoms with Crippen molar-refractivity contribution < 1.29 is 18.9 Å². The molecule has 3 aromatic rings. The van der Waals surface area contributed by atoms with Crippen LogP contribution in [0, 0.1) is 19.7 Å². The van der Waals surface area contributed by atoms with Gasteiger partial charge in [-0.2, -0.15) is 0 Å². The Balaban J connectivity index is 1.75. The molecule has 5 heteroatoms. The minimum atomic E-state index is -0.273. The van der Waals surface area contributed by atoms with Crippen LogP contribution in [-0.2, 0) is 6.54 Å². The molecule has 0 aliphatic carbocycles. The van der Waals surface area contributed by atoms with Gasteiger partial charge in [0.25, 0.3) is 0 Å². The van der Waals surface area contributed by atoms with Crippen LogP contribution in [-0.4, -0.2) is 16.9 Å². The van der Waals surface area contributed by atoms with Gasteiger partial charge in [-0.25, -0.2) is 4.39 Å². The van der Waals surface area contributed by atoms with Crippen molar-refractivity contribution in [2.24, 2.45) is 0 Å². The lowest BCUT2D eigenvalue weighted by Crippen LogP contribution is -2.84. The number of rotatable bonds is 6. The minimum absolute atomic E-state index is 0.0722. The molecule has 124 valence electrons. The number of Topliss-reactive ketones (excluding diaryl/α,β-unsaturated/α-hetero) is 1. The largest absolute Gasteiger partial charge is 0.463 e. The minimum Gasteiger partial charge on any atom is -0.463 e. The number of hydrogen-bond donors (Lipinski definition) is 1. The number of halogens is 1. The normalized spacial score (nSPS) is 11.0. The van der Waals surface area contributed by atoms with Gasteiger partial charge >= 0.3 is 0 Å². The van der Waals surface area contributed by atoms with Gasteiger partial charge in [0, 0.05) is 22.6 Å². The van der Waals surface area contributed by atoms with Crippen LogP contribution >= 0.6 is 0 Å². The van der Waals surface area contributed by atoms with E-state index in [-0.39, 0.29) is 11.6 Å². The molecule has 1 aromatic carbocycles. The van der Waals surface area contributed by atoms with Crippen LogP contribution in [0.5, 0.6) is 0 Å². The lowest BCUT2D eigenvalue weighted by molar-refractivity contribution is -0.660. The second-order valence-corrected chi connectivity index (χ2v) is 5.80. The molecular weight excluding hydrogens is 307 g/mol. The van der Waals surface area contributed by atoms with Crippen LogP contribution in [0.15, 0.2) is 53.1 Å². The van der Waals surface area contributed by atoms with Crippen LogP contribution in [0.1, 0.15) is 27.5 Å².